The summed E-state index contributed by atoms with van der Waals surface area (Å²) in [5, 5.41) is 0. The first-order valence-corrected chi connectivity index (χ1v) is 5.06. The predicted molar refractivity (Wildman–Crippen MR) is 53.9 cm³/mol. The van der Waals surface area contributed by atoms with Crippen molar-refractivity contribution in [3.8, 4) is 0 Å². The minimum atomic E-state index is -0.237. The van der Waals surface area contributed by atoms with E-state index < -0.39 is 0 Å². The second kappa shape index (κ2) is 4.41. The number of carbonyl (C=O) groups excluding carboxylic acids is 1. The number of methoxy groups -OCH3 is 2. The molecule has 1 rings (SSSR count). The van der Waals surface area contributed by atoms with Crippen LogP contribution in [0.3, 0.4) is 0 Å². The topological polar surface area (TPSA) is 35.5 Å². The van der Waals surface area contributed by atoms with E-state index in [-0.39, 0.29) is 17.6 Å². The summed E-state index contributed by atoms with van der Waals surface area (Å²) in [6.45, 7) is 4.25. The minimum absolute atomic E-state index is 0.0926. The number of hydrogen-bond acceptors (Lipinski definition) is 3. The zero-order valence-electron chi connectivity index (χ0n) is 9.50. The molecule has 0 saturated heterocycles. The maximum absolute atomic E-state index is 11.5. The SMILES string of the molecule is COC(OC)C1CC(=O)CC(C)(C)C1. The van der Waals surface area contributed by atoms with Crippen LogP contribution in [0.25, 0.3) is 0 Å². The predicted octanol–water partition coefficient (Wildman–Crippen LogP) is 2.00. The molecule has 0 aromatic rings. The van der Waals surface area contributed by atoms with Crippen molar-refractivity contribution in [3.05, 3.63) is 0 Å². The van der Waals surface area contributed by atoms with Crippen LogP contribution >= 0.6 is 0 Å². The lowest BCUT2D eigenvalue weighted by molar-refractivity contribution is -0.159. The summed E-state index contributed by atoms with van der Waals surface area (Å²) in [5.74, 6) is 0.534. The molecule has 0 amide bonds. The molecule has 0 heterocycles. The molecule has 1 saturated carbocycles. The van der Waals surface area contributed by atoms with Crippen LogP contribution < -0.4 is 0 Å². The highest BCUT2D eigenvalue weighted by Crippen LogP contribution is 2.38. The molecule has 3 heteroatoms. The van der Waals surface area contributed by atoms with E-state index in [0.717, 1.165) is 6.42 Å². The third-order valence-corrected chi connectivity index (χ3v) is 2.83. The summed E-state index contributed by atoms with van der Waals surface area (Å²) in [4.78, 5) is 11.5. The molecule has 0 aliphatic heterocycles. The molecule has 0 aromatic heterocycles. The summed E-state index contributed by atoms with van der Waals surface area (Å²) >= 11 is 0. The van der Waals surface area contributed by atoms with Gasteiger partial charge in [-0.3, -0.25) is 4.79 Å². The Kier molecular flexibility index (Phi) is 3.67. The molecule has 1 aliphatic carbocycles. The summed E-state index contributed by atoms with van der Waals surface area (Å²) in [6, 6.07) is 0. The van der Waals surface area contributed by atoms with Crippen LogP contribution in [0.2, 0.25) is 0 Å². The van der Waals surface area contributed by atoms with Gasteiger partial charge in [-0.1, -0.05) is 13.8 Å². The van der Waals surface area contributed by atoms with E-state index in [1.807, 2.05) is 0 Å². The van der Waals surface area contributed by atoms with Crippen LogP contribution in [-0.4, -0.2) is 26.3 Å². The Morgan fingerprint density at radius 2 is 1.93 bits per heavy atom. The lowest BCUT2D eigenvalue weighted by Crippen LogP contribution is -2.36. The average molecular weight is 200 g/mol. The third kappa shape index (κ3) is 2.79. The number of Topliss-reactive ketones (excluding diaryl/α,β-unsaturated/α-hetero) is 1. The molecule has 1 fully saturated rings. The number of rotatable bonds is 3. The van der Waals surface area contributed by atoms with Gasteiger partial charge < -0.3 is 9.47 Å². The number of ether oxygens (including phenoxy) is 2. The van der Waals surface area contributed by atoms with Crippen LogP contribution in [0.1, 0.15) is 33.1 Å². The number of carbonyl (C=O) groups is 1. The highest BCUT2D eigenvalue weighted by atomic mass is 16.7. The molecule has 0 N–H and O–H groups in total. The Morgan fingerprint density at radius 1 is 1.36 bits per heavy atom. The summed E-state index contributed by atoms with van der Waals surface area (Å²) in [7, 11) is 3.25. The fourth-order valence-electron chi connectivity index (χ4n) is 2.43. The molecule has 14 heavy (non-hydrogen) atoms. The molecular weight excluding hydrogens is 180 g/mol. The first-order valence-electron chi connectivity index (χ1n) is 5.06. The van der Waals surface area contributed by atoms with Crippen LogP contribution in [-0.2, 0) is 14.3 Å². The van der Waals surface area contributed by atoms with Crippen molar-refractivity contribution in [2.24, 2.45) is 11.3 Å². The zero-order valence-corrected chi connectivity index (χ0v) is 9.50. The second-order valence-electron chi connectivity index (χ2n) is 4.89. The Hall–Kier alpha value is -0.410. The fourth-order valence-corrected chi connectivity index (χ4v) is 2.43. The van der Waals surface area contributed by atoms with Crippen LogP contribution in [0.5, 0.6) is 0 Å². The molecule has 0 bridgehead atoms. The van der Waals surface area contributed by atoms with Crippen molar-refractivity contribution in [2.45, 2.75) is 39.4 Å². The van der Waals surface area contributed by atoms with E-state index in [9.17, 15) is 4.79 Å². The smallest absolute Gasteiger partial charge is 0.160 e. The monoisotopic (exact) mass is 200 g/mol. The van der Waals surface area contributed by atoms with Crippen molar-refractivity contribution in [1.82, 2.24) is 0 Å². The Labute approximate surface area is 85.8 Å². The Bertz CT molecular complexity index is 207. The molecule has 1 unspecified atom stereocenters. The Morgan fingerprint density at radius 3 is 2.36 bits per heavy atom. The minimum Gasteiger partial charge on any atom is -0.356 e. The lowest BCUT2D eigenvalue weighted by atomic mass is 9.71. The largest absolute Gasteiger partial charge is 0.356 e. The quantitative estimate of drug-likeness (QED) is 0.654. The van der Waals surface area contributed by atoms with E-state index in [0.29, 0.717) is 18.6 Å². The molecule has 0 spiro atoms. The van der Waals surface area contributed by atoms with Gasteiger partial charge >= 0.3 is 0 Å². The molecule has 1 atom stereocenters. The lowest BCUT2D eigenvalue weighted by Gasteiger charge is -2.36. The molecule has 1 aliphatic rings. The van der Waals surface area contributed by atoms with Gasteiger partial charge in [0, 0.05) is 33.0 Å². The van der Waals surface area contributed by atoms with Crippen molar-refractivity contribution >= 4 is 5.78 Å². The summed E-state index contributed by atoms with van der Waals surface area (Å²) < 4.78 is 10.4. The van der Waals surface area contributed by atoms with Gasteiger partial charge in [0.25, 0.3) is 0 Å². The first kappa shape index (κ1) is 11.7. The number of hydrogen-bond donors (Lipinski definition) is 0. The normalized spacial score (nSPS) is 26.9. The van der Waals surface area contributed by atoms with Gasteiger partial charge in [-0.05, 0) is 11.8 Å². The van der Waals surface area contributed by atoms with Gasteiger partial charge in [-0.25, -0.2) is 0 Å². The van der Waals surface area contributed by atoms with Gasteiger partial charge in [0.1, 0.15) is 5.78 Å². The zero-order chi connectivity index (χ0) is 10.8. The fraction of sp³-hybridized carbons (Fsp3) is 0.909. The van der Waals surface area contributed by atoms with Gasteiger partial charge in [0.15, 0.2) is 6.29 Å². The Balaban J connectivity index is 2.65. The van der Waals surface area contributed by atoms with Gasteiger partial charge in [0.05, 0.1) is 0 Å². The van der Waals surface area contributed by atoms with Crippen LogP contribution in [0.15, 0.2) is 0 Å². The maximum atomic E-state index is 11.5. The van der Waals surface area contributed by atoms with E-state index >= 15 is 0 Å². The molecular formula is C11H20O3. The molecule has 3 nitrogen and oxygen atoms in total. The standard InChI is InChI=1S/C11H20O3/c1-11(2)6-8(5-9(12)7-11)10(13-3)14-4/h8,10H,5-7H2,1-4H3. The van der Waals surface area contributed by atoms with Crippen molar-refractivity contribution in [3.63, 3.8) is 0 Å². The van der Waals surface area contributed by atoms with Crippen molar-refractivity contribution in [1.29, 1.82) is 0 Å². The van der Waals surface area contributed by atoms with Crippen LogP contribution in [0.4, 0.5) is 0 Å². The third-order valence-electron chi connectivity index (χ3n) is 2.83. The summed E-state index contributed by atoms with van der Waals surface area (Å²) in [5.41, 5.74) is 0.0926. The van der Waals surface area contributed by atoms with E-state index in [1.54, 1.807) is 14.2 Å². The highest BCUT2D eigenvalue weighted by molar-refractivity contribution is 5.80. The molecule has 82 valence electrons. The van der Waals surface area contributed by atoms with E-state index in [1.165, 1.54) is 0 Å². The second-order valence-corrected chi connectivity index (χ2v) is 4.89. The van der Waals surface area contributed by atoms with E-state index in [4.69, 9.17) is 9.47 Å². The van der Waals surface area contributed by atoms with Crippen LogP contribution in [0, 0.1) is 11.3 Å². The number of ketones is 1. The van der Waals surface area contributed by atoms with E-state index in [2.05, 4.69) is 13.8 Å². The van der Waals surface area contributed by atoms with Gasteiger partial charge in [0.2, 0.25) is 0 Å². The van der Waals surface area contributed by atoms with Crippen molar-refractivity contribution < 1.29 is 14.3 Å². The molecule has 0 aromatic carbocycles. The van der Waals surface area contributed by atoms with Gasteiger partial charge in [-0.15, -0.1) is 0 Å². The van der Waals surface area contributed by atoms with Crippen molar-refractivity contribution in [2.75, 3.05) is 14.2 Å². The first-order chi connectivity index (χ1) is 6.48. The maximum Gasteiger partial charge on any atom is 0.160 e. The summed E-state index contributed by atoms with van der Waals surface area (Å²) in [6.07, 6.45) is 2.03. The van der Waals surface area contributed by atoms with Gasteiger partial charge in [-0.2, -0.15) is 0 Å². The highest BCUT2D eigenvalue weighted by Gasteiger charge is 2.36. The molecule has 0 radical (unpaired) electrons. The average Bonchev–Trinajstić information content (AvgIpc) is 2.02.